The molecule has 3 atom stereocenters. The Balaban J connectivity index is 2.16. The number of hydrogen-bond acceptors (Lipinski definition) is 4. The van der Waals surface area contributed by atoms with Gasteiger partial charge in [0.1, 0.15) is 12.6 Å². The van der Waals surface area contributed by atoms with Crippen molar-refractivity contribution in [3.8, 4) is 0 Å². The molecular weight excluding hydrogens is 308 g/mol. The van der Waals surface area contributed by atoms with Crippen LogP contribution in [-0.2, 0) is 16.0 Å². The predicted octanol–water partition coefficient (Wildman–Crippen LogP) is 3.69. The minimum Gasteiger partial charge on any atom is -0.447 e. The summed E-state index contributed by atoms with van der Waals surface area (Å²) in [5.74, 6) is -0.257. The van der Waals surface area contributed by atoms with Gasteiger partial charge in [-0.15, -0.1) is 0 Å². The van der Waals surface area contributed by atoms with E-state index >= 15 is 0 Å². The fourth-order valence-corrected chi connectivity index (χ4v) is 2.73. The van der Waals surface area contributed by atoms with Crippen LogP contribution in [0.4, 0.5) is 4.79 Å². The van der Waals surface area contributed by atoms with Crippen LogP contribution in [0.5, 0.6) is 0 Å². The Labute approximate surface area is 141 Å². The van der Waals surface area contributed by atoms with E-state index in [2.05, 4.69) is 10.0 Å². The second-order valence-electron chi connectivity index (χ2n) is 6.10. The van der Waals surface area contributed by atoms with Gasteiger partial charge < -0.3 is 4.74 Å². The van der Waals surface area contributed by atoms with E-state index in [4.69, 9.17) is 10.3 Å². The summed E-state index contributed by atoms with van der Waals surface area (Å²) in [7, 11) is 0. The Morgan fingerprint density at radius 1 is 1.46 bits per heavy atom. The zero-order chi connectivity index (χ0) is 17.5. The lowest BCUT2D eigenvalue weighted by Crippen LogP contribution is -2.45. The predicted molar refractivity (Wildman–Crippen MR) is 89.1 cm³/mol. The second-order valence-corrected chi connectivity index (χ2v) is 6.10. The number of amides is 2. The highest BCUT2D eigenvalue weighted by Gasteiger charge is 2.40. The molecule has 1 aromatic carbocycles. The Bertz CT molecular complexity index is 628. The van der Waals surface area contributed by atoms with E-state index in [0.717, 1.165) is 16.9 Å². The lowest BCUT2D eigenvalue weighted by molar-refractivity contribution is -0.130. The van der Waals surface area contributed by atoms with Crippen molar-refractivity contribution >= 4 is 12.0 Å². The summed E-state index contributed by atoms with van der Waals surface area (Å²) >= 11 is 0. The van der Waals surface area contributed by atoms with Gasteiger partial charge in [-0.3, -0.25) is 4.79 Å². The number of ether oxygens (including phenoxy) is 1. The van der Waals surface area contributed by atoms with E-state index in [0.29, 0.717) is 12.8 Å². The molecule has 1 aliphatic rings. The van der Waals surface area contributed by atoms with Crippen LogP contribution in [0.25, 0.3) is 10.4 Å². The number of nitrogens with zero attached hydrogens (tertiary/aromatic N) is 4. The highest BCUT2D eigenvalue weighted by atomic mass is 16.6. The van der Waals surface area contributed by atoms with Crippen molar-refractivity contribution in [1.82, 2.24) is 4.90 Å². The number of imide groups is 1. The van der Waals surface area contributed by atoms with Gasteiger partial charge in [-0.25, -0.2) is 9.69 Å². The standard InChI is InChI=1S/C17H22N4O3/c1-3-12(2)9-15(19-20-18)16(22)21-14(11-24-17(21)23)10-13-7-5-4-6-8-13/h4-8,12,14-15H,3,9-11H2,1-2H3/t12-,14-,15-/m0/s1. The van der Waals surface area contributed by atoms with Crippen LogP contribution < -0.4 is 0 Å². The van der Waals surface area contributed by atoms with E-state index in [1.807, 2.05) is 44.2 Å². The Morgan fingerprint density at radius 2 is 2.17 bits per heavy atom. The lowest BCUT2D eigenvalue weighted by atomic mass is 9.98. The van der Waals surface area contributed by atoms with Gasteiger partial charge in [0.05, 0.1) is 6.04 Å². The van der Waals surface area contributed by atoms with Crippen LogP contribution >= 0.6 is 0 Å². The number of azide groups is 1. The highest BCUT2D eigenvalue weighted by molar-refractivity contribution is 5.96. The van der Waals surface area contributed by atoms with Crippen molar-refractivity contribution in [2.75, 3.05) is 6.61 Å². The van der Waals surface area contributed by atoms with Crippen molar-refractivity contribution in [3.63, 3.8) is 0 Å². The SMILES string of the molecule is CC[C@H](C)C[C@H](N=[N+]=[N-])C(=O)N1C(=O)OC[C@@H]1Cc1ccccc1. The van der Waals surface area contributed by atoms with E-state index in [1.54, 1.807) is 0 Å². The minimum absolute atomic E-state index is 0.159. The topological polar surface area (TPSA) is 95.4 Å². The van der Waals surface area contributed by atoms with E-state index in [9.17, 15) is 9.59 Å². The fraction of sp³-hybridized carbons (Fsp3) is 0.529. The summed E-state index contributed by atoms with van der Waals surface area (Å²) in [5, 5.41) is 3.61. The van der Waals surface area contributed by atoms with Crippen LogP contribution in [0.3, 0.4) is 0 Å². The average Bonchev–Trinajstić information content (AvgIpc) is 2.95. The molecule has 0 bridgehead atoms. The van der Waals surface area contributed by atoms with Crippen LogP contribution in [0.15, 0.2) is 35.4 Å². The quantitative estimate of drug-likeness (QED) is 0.433. The molecule has 128 valence electrons. The van der Waals surface area contributed by atoms with Gasteiger partial charge in [-0.05, 0) is 29.9 Å². The zero-order valence-electron chi connectivity index (χ0n) is 14.0. The molecule has 0 aliphatic carbocycles. The minimum atomic E-state index is -0.881. The van der Waals surface area contributed by atoms with Crippen LogP contribution in [0, 0.1) is 5.92 Å². The molecule has 7 heteroatoms. The Kier molecular flexibility index (Phi) is 6.21. The monoisotopic (exact) mass is 330 g/mol. The first-order chi connectivity index (χ1) is 11.6. The van der Waals surface area contributed by atoms with Crippen LogP contribution in [-0.4, -0.2) is 35.6 Å². The molecule has 1 aromatic rings. The van der Waals surface area contributed by atoms with Crippen molar-refractivity contribution in [2.24, 2.45) is 11.0 Å². The third kappa shape index (κ3) is 4.26. The maximum atomic E-state index is 12.8. The first kappa shape index (κ1) is 17.8. The first-order valence-corrected chi connectivity index (χ1v) is 8.14. The molecule has 2 rings (SSSR count). The third-order valence-corrected chi connectivity index (χ3v) is 4.31. The molecule has 1 heterocycles. The number of benzene rings is 1. The summed E-state index contributed by atoms with van der Waals surface area (Å²) in [5.41, 5.74) is 9.77. The average molecular weight is 330 g/mol. The molecule has 7 nitrogen and oxygen atoms in total. The summed E-state index contributed by atoms with van der Waals surface area (Å²) in [6, 6.07) is 8.35. The highest BCUT2D eigenvalue weighted by Crippen LogP contribution is 2.22. The van der Waals surface area contributed by atoms with Crippen molar-refractivity contribution in [2.45, 2.75) is 45.2 Å². The van der Waals surface area contributed by atoms with Gasteiger partial charge in [0, 0.05) is 4.91 Å². The molecule has 0 saturated carbocycles. The maximum Gasteiger partial charge on any atom is 0.416 e. The fourth-order valence-electron chi connectivity index (χ4n) is 2.73. The first-order valence-electron chi connectivity index (χ1n) is 8.14. The molecule has 1 saturated heterocycles. The summed E-state index contributed by atoms with van der Waals surface area (Å²) in [4.78, 5) is 28.7. The summed E-state index contributed by atoms with van der Waals surface area (Å²) in [6.07, 6.45) is 1.14. The molecule has 0 spiro atoms. The van der Waals surface area contributed by atoms with Gasteiger partial charge >= 0.3 is 6.09 Å². The third-order valence-electron chi connectivity index (χ3n) is 4.31. The van der Waals surface area contributed by atoms with E-state index in [-0.39, 0.29) is 18.6 Å². The molecule has 0 unspecified atom stereocenters. The smallest absolute Gasteiger partial charge is 0.416 e. The molecule has 2 amide bonds. The van der Waals surface area contributed by atoms with Crippen molar-refractivity contribution < 1.29 is 14.3 Å². The van der Waals surface area contributed by atoms with Gasteiger partial charge in [-0.1, -0.05) is 55.7 Å². The summed E-state index contributed by atoms with van der Waals surface area (Å²) < 4.78 is 5.06. The van der Waals surface area contributed by atoms with Gasteiger partial charge in [0.15, 0.2) is 0 Å². The molecule has 24 heavy (non-hydrogen) atoms. The zero-order valence-corrected chi connectivity index (χ0v) is 14.0. The van der Waals surface area contributed by atoms with Gasteiger partial charge in [0.2, 0.25) is 5.91 Å². The number of rotatable bonds is 7. The largest absolute Gasteiger partial charge is 0.447 e. The molecule has 1 aliphatic heterocycles. The Hall–Kier alpha value is -2.53. The van der Waals surface area contributed by atoms with Gasteiger partial charge in [0.25, 0.3) is 0 Å². The van der Waals surface area contributed by atoms with Crippen molar-refractivity contribution in [1.29, 1.82) is 0 Å². The van der Waals surface area contributed by atoms with Gasteiger partial charge in [-0.2, -0.15) is 0 Å². The van der Waals surface area contributed by atoms with Crippen LogP contribution in [0.2, 0.25) is 0 Å². The second kappa shape index (κ2) is 8.36. The number of hydrogen-bond donors (Lipinski definition) is 0. The molecule has 0 aromatic heterocycles. The number of carbonyl (C=O) groups is 2. The molecular formula is C17H22N4O3. The number of carbonyl (C=O) groups excluding carboxylic acids is 2. The maximum absolute atomic E-state index is 12.8. The van der Waals surface area contributed by atoms with Crippen LogP contribution in [0.1, 0.15) is 32.3 Å². The lowest BCUT2D eigenvalue weighted by Gasteiger charge is -2.24. The van der Waals surface area contributed by atoms with Crippen molar-refractivity contribution in [3.05, 3.63) is 46.3 Å². The molecule has 0 radical (unpaired) electrons. The molecule has 1 fully saturated rings. The number of cyclic esters (lactones) is 1. The Morgan fingerprint density at radius 3 is 2.79 bits per heavy atom. The molecule has 0 N–H and O–H groups in total. The van der Waals surface area contributed by atoms with E-state index in [1.165, 1.54) is 0 Å². The normalized spacial score (nSPS) is 19.3. The summed E-state index contributed by atoms with van der Waals surface area (Å²) in [6.45, 7) is 4.15. The van der Waals surface area contributed by atoms with E-state index < -0.39 is 18.0 Å².